The molecule has 24 heavy (non-hydrogen) atoms. The fourth-order valence-electron chi connectivity index (χ4n) is 2.78. The Morgan fingerprint density at radius 2 is 2.29 bits per heavy atom. The van der Waals surface area contributed by atoms with Gasteiger partial charge in [-0.2, -0.15) is 0 Å². The summed E-state index contributed by atoms with van der Waals surface area (Å²) in [6.07, 6.45) is 3.52. The van der Waals surface area contributed by atoms with Crippen LogP contribution in [-0.4, -0.2) is 45.5 Å². The molecule has 2 rings (SSSR count). The average molecular weight is 336 g/mol. The number of aliphatic carboxylic acids is 1. The molecule has 2 unspecified atom stereocenters. The summed E-state index contributed by atoms with van der Waals surface area (Å²) in [6, 6.07) is 1.42. The van der Waals surface area contributed by atoms with Crippen LogP contribution >= 0.6 is 0 Å². The lowest BCUT2D eigenvalue weighted by atomic mass is 10.1. The number of pyridine rings is 1. The van der Waals surface area contributed by atoms with Crippen LogP contribution in [0.3, 0.4) is 0 Å². The van der Waals surface area contributed by atoms with Crippen LogP contribution in [0.2, 0.25) is 0 Å². The summed E-state index contributed by atoms with van der Waals surface area (Å²) >= 11 is 0. The molecule has 1 aromatic heterocycles. The second kappa shape index (κ2) is 7.71. The molecule has 0 saturated carbocycles. The highest BCUT2D eigenvalue weighted by Gasteiger charge is 2.33. The Labute approximate surface area is 138 Å². The number of carboxylic acids is 1. The number of nitrogens with one attached hydrogen (secondary N) is 1. The van der Waals surface area contributed by atoms with Gasteiger partial charge < -0.3 is 15.3 Å². The van der Waals surface area contributed by atoms with Gasteiger partial charge in [0.1, 0.15) is 24.1 Å². The first-order chi connectivity index (χ1) is 11.4. The van der Waals surface area contributed by atoms with Gasteiger partial charge in [0.2, 0.25) is 5.91 Å². The van der Waals surface area contributed by atoms with Gasteiger partial charge in [-0.3, -0.25) is 14.9 Å². The average Bonchev–Trinajstić information content (AvgIpc) is 3.04. The molecule has 0 spiro atoms. The van der Waals surface area contributed by atoms with E-state index in [9.17, 15) is 19.7 Å². The van der Waals surface area contributed by atoms with Crippen LogP contribution in [0.1, 0.15) is 32.6 Å². The third kappa shape index (κ3) is 3.98. The third-order valence-electron chi connectivity index (χ3n) is 3.98. The van der Waals surface area contributed by atoms with Crippen molar-refractivity contribution >= 4 is 23.4 Å². The standard InChI is InChI=1S/C15H20N4O5/c1-2-4-11(15(21)22)17-14(20)12-5-3-8-18(12)13-7-6-10(9-16-13)19(23)24/h6-7,9,11-12H,2-5,8H2,1H3,(H,17,20)(H,21,22). The highest BCUT2D eigenvalue weighted by atomic mass is 16.6. The molecule has 1 aliphatic rings. The van der Waals surface area contributed by atoms with Gasteiger partial charge in [-0.25, -0.2) is 9.78 Å². The number of carboxylic acid groups (broad SMARTS) is 1. The summed E-state index contributed by atoms with van der Waals surface area (Å²) < 4.78 is 0. The molecular formula is C15H20N4O5. The zero-order valence-electron chi connectivity index (χ0n) is 13.3. The van der Waals surface area contributed by atoms with Crippen LogP contribution in [0.25, 0.3) is 0 Å². The van der Waals surface area contributed by atoms with Gasteiger partial charge in [-0.15, -0.1) is 0 Å². The number of anilines is 1. The molecule has 1 saturated heterocycles. The molecule has 1 fully saturated rings. The van der Waals surface area contributed by atoms with Crippen LogP contribution in [0, 0.1) is 10.1 Å². The van der Waals surface area contributed by atoms with Gasteiger partial charge >= 0.3 is 5.97 Å². The van der Waals surface area contributed by atoms with Gasteiger partial charge in [0, 0.05) is 12.6 Å². The number of nitrogens with zero attached hydrogens (tertiary/aromatic N) is 3. The number of carbonyl (C=O) groups excluding carboxylic acids is 1. The maximum Gasteiger partial charge on any atom is 0.326 e. The zero-order valence-corrected chi connectivity index (χ0v) is 13.3. The Kier molecular flexibility index (Phi) is 5.67. The summed E-state index contributed by atoms with van der Waals surface area (Å²) in [5.41, 5.74) is -0.118. The lowest BCUT2D eigenvalue weighted by Gasteiger charge is -2.26. The van der Waals surface area contributed by atoms with Crippen molar-refractivity contribution in [2.45, 2.75) is 44.7 Å². The molecule has 130 valence electrons. The Bertz CT molecular complexity index is 619. The molecule has 0 aromatic carbocycles. The van der Waals surface area contributed by atoms with E-state index < -0.39 is 23.0 Å². The number of hydrogen-bond donors (Lipinski definition) is 2. The summed E-state index contributed by atoms with van der Waals surface area (Å²) in [4.78, 5) is 39.6. The Hall–Kier alpha value is -2.71. The molecule has 0 bridgehead atoms. The SMILES string of the molecule is CCCC(NC(=O)C1CCCN1c1ccc([N+](=O)[O-])cn1)C(=O)O. The molecule has 0 radical (unpaired) electrons. The van der Waals surface area contributed by atoms with E-state index in [1.165, 1.54) is 12.1 Å². The van der Waals surface area contributed by atoms with Crippen molar-refractivity contribution in [3.8, 4) is 0 Å². The third-order valence-corrected chi connectivity index (χ3v) is 3.98. The molecule has 2 N–H and O–H groups in total. The van der Waals surface area contributed by atoms with Crippen LogP contribution in [-0.2, 0) is 9.59 Å². The molecule has 1 amide bonds. The molecule has 2 atom stereocenters. The second-order valence-electron chi connectivity index (χ2n) is 5.67. The second-order valence-corrected chi connectivity index (χ2v) is 5.67. The van der Waals surface area contributed by atoms with E-state index in [1.54, 1.807) is 4.90 Å². The minimum absolute atomic E-state index is 0.118. The van der Waals surface area contributed by atoms with E-state index in [4.69, 9.17) is 5.11 Å². The minimum atomic E-state index is -1.05. The van der Waals surface area contributed by atoms with Crippen molar-refractivity contribution in [1.29, 1.82) is 0 Å². The van der Waals surface area contributed by atoms with E-state index in [2.05, 4.69) is 10.3 Å². The van der Waals surface area contributed by atoms with Gasteiger partial charge in [0.05, 0.1) is 4.92 Å². The molecule has 9 nitrogen and oxygen atoms in total. The van der Waals surface area contributed by atoms with Crippen LogP contribution in [0.5, 0.6) is 0 Å². The van der Waals surface area contributed by atoms with Crippen LogP contribution in [0.15, 0.2) is 18.3 Å². The number of rotatable bonds is 7. The summed E-state index contributed by atoms with van der Waals surface area (Å²) in [7, 11) is 0. The van der Waals surface area contributed by atoms with Crippen molar-refractivity contribution in [1.82, 2.24) is 10.3 Å². The van der Waals surface area contributed by atoms with E-state index in [0.29, 0.717) is 31.6 Å². The number of nitro groups is 1. The highest BCUT2D eigenvalue weighted by molar-refractivity contribution is 5.89. The first-order valence-corrected chi connectivity index (χ1v) is 7.84. The summed E-state index contributed by atoms with van der Waals surface area (Å²) in [6.45, 7) is 2.44. The normalized spacial score (nSPS) is 18.2. The molecular weight excluding hydrogens is 316 g/mol. The topological polar surface area (TPSA) is 126 Å². The Morgan fingerprint density at radius 3 is 2.83 bits per heavy atom. The summed E-state index contributed by atoms with van der Waals surface area (Å²) in [5, 5.41) is 22.4. The Morgan fingerprint density at radius 1 is 1.54 bits per heavy atom. The maximum atomic E-state index is 12.4. The van der Waals surface area contributed by atoms with E-state index in [1.807, 2.05) is 6.92 Å². The molecule has 1 aromatic rings. The lowest BCUT2D eigenvalue weighted by Crippen LogP contribution is -2.49. The smallest absolute Gasteiger partial charge is 0.326 e. The zero-order chi connectivity index (χ0) is 17.7. The fourth-order valence-corrected chi connectivity index (χ4v) is 2.78. The van der Waals surface area contributed by atoms with Gasteiger partial charge in [0.25, 0.3) is 5.69 Å². The number of amides is 1. The van der Waals surface area contributed by atoms with Gasteiger partial charge in [0.15, 0.2) is 0 Å². The lowest BCUT2D eigenvalue weighted by molar-refractivity contribution is -0.385. The van der Waals surface area contributed by atoms with Crippen molar-refractivity contribution in [2.75, 3.05) is 11.4 Å². The minimum Gasteiger partial charge on any atom is -0.480 e. The fraction of sp³-hybridized carbons (Fsp3) is 0.533. The number of carbonyl (C=O) groups is 2. The van der Waals surface area contributed by atoms with Crippen LogP contribution < -0.4 is 10.2 Å². The maximum absolute atomic E-state index is 12.4. The monoisotopic (exact) mass is 336 g/mol. The van der Waals surface area contributed by atoms with Crippen LogP contribution in [0.4, 0.5) is 11.5 Å². The first kappa shape index (κ1) is 17.6. The highest BCUT2D eigenvalue weighted by Crippen LogP contribution is 2.25. The van der Waals surface area contributed by atoms with Crippen molar-refractivity contribution in [3.05, 3.63) is 28.4 Å². The Balaban J connectivity index is 2.10. The van der Waals surface area contributed by atoms with E-state index in [-0.39, 0.29) is 11.6 Å². The largest absolute Gasteiger partial charge is 0.480 e. The van der Waals surface area contributed by atoms with Crippen molar-refractivity contribution in [2.24, 2.45) is 0 Å². The first-order valence-electron chi connectivity index (χ1n) is 7.84. The molecule has 1 aliphatic heterocycles. The molecule has 0 aliphatic carbocycles. The summed E-state index contributed by atoms with van der Waals surface area (Å²) in [5.74, 6) is -0.933. The van der Waals surface area contributed by atoms with Crippen molar-refractivity contribution in [3.63, 3.8) is 0 Å². The van der Waals surface area contributed by atoms with Gasteiger partial charge in [-0.05, 0) is 25.3 Å². The predicted octanol–water partition coefficient (Wildman–Crippen LogP) is 1.33. The van der Waals surface area contributed by atoms with E-state index >= 15 is 0 Å². The van der Waals surface area contributed by atoms with Crippen molar-refractivity contribution < 1.29 is 19.6 Å². The number of hydrogen-bond acceptors (Lipinski definition) is 6. The van der Waals surface area contributed by atoms with E-state index in [0.717, 1.165) is 12.6 Å². The predicted molar refractivity (Wildman–Crippen MR) is 85.7 cm³/mol. The quantitative estimate of drug-likeness (QED) is 0.568. The number of aromatic nitrogens is 1. The molecule has 9 heteroatoms. The molecule has 2 heterocycles. The van der Waals surface area contributed by atoms with Gasteiger partial charge in [-0.1, -0.05) is 13.3 Å².